The second-order valence-electron chi connectivity index (χ2n) is 7.13. The molecular formula is C20H18F6O3. The van der Waals surface area contributed by atoms with Gasteiger partial charge in [-0.3, -0.25) is 4.79 Å². The van der Waals surface area contributed by atoms with E-state index in [0.717, 1.165) is 12.1 Å². The third kappa shape index (κ3) is 5.65. The summed E-state index contributed by atoms with van der Waals surface area (Å²) in [6.45, 7) is 3.53. The number of halogens is 6. The third-order valence-corrected chi connectivity index (χ3v) is 4.27. The van der Waals surface area contributed by atoms with E-state index in [1.807, 2.05) is 0 Å². The van der Waals surface area contributed by atoms with Crippen LogP contribution >= 0.6 is 0 Å². The van der Waals surface area contributed by atoms with Gasteiger partial charge in [-0.1, -0.05) is 19.9 Å². The Hall–Kier alpha value is -2.71. The summed E-state index contributed by atoms with van der Waals surface area (Å²) >= 11 is 0. The highest BCUT2D eigenvalue weighted by atomic mass is 19.4. The molecule has 2 N–H and O–H groups in total. The molecule has 0 aliphatic rings. The number of hydrogen-bond donors (Lipinski definition) is 2. The molecule has 0 aliphatic heterocycles. The molecule has 3 nitrogen and oxygen atoms in total. The fraction of sp³-hybridized carbons (Fsp3) is 0.350. The lowest BCUT2D eigenvalue weighted by atomic mass is 9.88. The second kappa shape index (κ2) is 7.96. The number of aliphatic carboxylic acids is 1. The van der Waals surface area contributed by atoms with Crippen molar-refractivity contribution in [3.63, 3.8) is 0 Å². The number of phenols is 1. The summed E-state index contributed by atoms with van der Waals surface area (Å²) in [5.74, 6) is -2.80. The molecule has 0 aromatic heterocycles. The number of carboxylic acids is 1. The Morgan fingerprint density at radius 2 is 1.34 bits per heavy atom. The van der Waals surface area contributed by atoms with Gasteiger partial charge in [-0.2, -0.15) is 26.3 Å². The first-order chi connectivity index (χ1) is 13.2. The fourth-order valence-electron chi connectivity index (χ4n) is 2.97. The van der Waals surface area contributed by atoms with Gasteiger partial charge in [-0.15, -0.1) is 0 Å². The molecule has 0 fully saturated rings. The van der Waals surface area contributed by atoms with Crippen LogP contribution in [-0.2, 0) is 17.1 Å². The molecule has 2 rings (SSSR count). The van der Waals surface area contributed by atoms with E-state index in [-0.39, 0.29) is 29.5 Å². The molecule has 2 aromatic carbocycles. The number of phenolic OH excluding ortho intramolecular Hbond substituents is 1. The lowest BCUT2D eigenvalue weighted by Gasteiger charge is -2.18. The van der Waals surface area contributed by atoms with Crippen molar-refractivity contribution in [2.45, 2.75) is 38.5 Å². The molecule has 1 atom stereocenters. The molecule has 0 radical (unpaired) electrons. The van der Waals surface area contributed by atoms with E-state index in [4.69, 9.17) is 0 Å². The van der Waals surface area contributed by atoms with Gasteiger partial charge in [0.15, 0.2) is 0 Å². The number of benzene rings is 2. The molecule has 29 heavy (non-hydrogen) atoms. The summed E-state index contributed by atoms with van der Waals surface area (Å²) in [5.41, 5.74) is -3.48. The molecule has 0 saturated heterocycles. The predicted molar refractivity (Wildman–Crippen MR) is 93.4 cm³/mol. The maximum Gasteiger partial charge on any atom is 0.416 e. The van der Waals surface area contributed by atoms with Crippen molar-refractivity contribution >= 4 is 5.97 Å². The third-order valence-electron chi connectivity index (χ3n) is 4.27. The Labute approximate surface area is 162 Å². The molecule has 0 aliphatic carbocycles. The van der Waals surface area contributed by atoms with E-state index >= 15 is 0 Å². The monoisotopic (exact) mass is 420 g/mol. The minimum atomic E-state index is -5.02. The Bertz CT molecular complexity index is 868. The maximum absolute atomic E-state index is 13.1. The number of carboxylic acid groups (broad SMARTS) is 1. The predicted octanol–water partition coefficient (Wildman–Crippen LogP) is 6.31. The van der Waals surface area contributed by atoms with Crippen molar-refractivity contribution in [3.8, 4) is 16.9 Å². The van der Waals surface area contributed by atoms with E-state index in [0.29, 0.717) is 12.1 Å². The van der Waals surface area contributed by atoms with Gasteiger partial charge in [-0.25, -0.2) is 0 Å². The van der Waals surface area contributed by atoms with Gasteiger partial charge in [0.05, 0.1) is 17.0 Å². The average Bonchev–Trinajstić information content (AvgIpc) is 2.56. The molecule has 0 heterocycles. The Morgan fingerprint density at radius 3 is 1.76 bits per heavy atom. The summed E-state index contributed by atoms with van der Waals surface area (Å²) in [4.78, 5) is 11.6. The van der Waals surface area contributed by atoms with Gasteiger partial charge in [-0.05, 0) is 59.4 Å². The lowest BCUT2D eigenvalue weighted by molar-refractivity contribution is -0.143. The zero-order valence-corrected chi connectivity index (χ0v) is 15.4. The smallest absolute Gasteiger partial charge is 0.416 e. The summed E-state index contributed by atoms with van der Waals surface area (Å²) in [5, 5.41) is 19.4. The van der Waals surface area contributed by atoms with Crippen LogP contribution in [0.15, 0.2) is 36.4 Å². The number of aromatic hydroxyl groups is 1. The van der Waals surface area contributed by atoms with Crippen LogP contribution < -0.4 is 0 Å². The molecule has 9 heteroatoms. The molecule has 2 aromatic rings. The summed E-state index contributed by atoms with van der Waals surface area (Å²) in [6, 6.07) is 4.40. The van der Waals surface area contributed by atoms with E-state index in [2.05, 4.69) is 0 Å². The van der Waals surface area contributed by atoms with Gasteiger partial charge in [0, 0.05) is 0 Å². The van der Waals surface area contributed by atoms with Gasteiger partial charge in [0.25, 0.3) is 0 Å². The standard InChI is InChI=1S/C20H18F6O3/c1-10(2)3-17(18(28)29)13-4-11(7-16(27)8-13)12-5-14(19(21,22)23)9-15(6-12)20(24,25)26/h4-10,17,27H,3H2,1-2H3,(H,28,29). The fourth-order valence-corrected chi connectivity index (χ4v) is 2.97. The summed E-state index contributed by atoms with van der Waals surface area (Å²) in [6.07, 6.45) is -9.86. The Morgan fingerprint density at radius 1 is 0.862 bits per heavy atom. The molecule has 1 unspecified atom stereocenters. The highest BCUT2D eigenvalue weighted by molar-refractivity contribution is 5.78. The molecule has 0 spiro atoms. The number of rotatable bonds is 5. The molecule has 0 bridgehead atoms. The normalized spacial score (nSPS) is 13.6. The minimum absolute atomic E-state index is 0.00598. The van der Waals surface area contributed by atoms with E-state index < -0.39 is 46.7 Å². The molecule has 0 amide bonds. The first-order valence-corrected chi connectivity index (χ1v) is 8.55. The van der Waals surface area contributed by atoms with E-state index in [1.165, 1.54) is 6.07 Å². The average molecular weight is 420 g/mol. The molecule has 158 valence electrons. The minimum Gasteiger partial charge on any atom is -0.508 e. The summed E-state index contributed by atoms with van der Waals surface area (Å²) < 4.78 is 78.6. The van der Waals surface area contributed by atoms with E-state index in [1.54, 1.807) is 13.8 Å². The number of hydrogen-bond acceptors (Lipinski definition) is 2. The van der Waals surface area contributed by atoms with Crippen LogP contribution in [0, 0.1) is 5.92 Å². The van der Waals surface area contributed by atoms with Crippen LogP contribution in [0.1, 0.15) is 42.9 Å². The van der Waals surface area contributed by atoms with Crippen LogP contribution in [0.4, 0.5) is 26.3 Å². The van der Waals surface area contributed by atoms with Crippen LogP contribution in [0.2, 0.25) is 0 Å². The molecule has 0 saturated carbocycles. The Kier molecular flexibility index (Phi) is 6.20. The van der Waals surface area contributed by atoms with Crippen LogP contribution in [0.25, 0.3) is 11.1 Å². The van der Waals surface area contributed by atoms with Crippen LogP contribution in [0.5, 0.6) is 5.75 Å². The SMILES string of the molecule is CC(C)CC(C(=O)O)c1cc(O)cc(-c2cc(C(F)(F)F)cc(C(F)(F)F)c2)c1. The van der Waals surface area contributed by atoms with Crippen LogP contribution in [-0.4, -0.2) is 16.2 Å². The second-order valence-corrected chi connectivity index (χ2v) is 7.13. The highest BCUT2D eigenvalue weighted by Gasteiger charge is 2.37. The van der Waals surface area contributed by atoms with Crippen molar-refractivity contribution in [3.05, 3.63) is 53.1 Å². The summed E-state index contributed by atoms with van der Waals surface area (Å²) in [7, 11) is 0. The lowest BCUT2D eigenvalue weighted by Crippen LogP contribution is -2.14. The zero-order chi connectivity index (χ0) is 22.1. The van der Waals surface area contributed by atoms with Gasteiger partial charge >= 0.3 is 18.3 Å². The first-order valence-electron chi connectivity index (χ1n) is 8.55. The number of alkyl halides is 6. The van der Waals surface area contributed by atoms with Crippen molar-refractivity contribution in [1.82, 2.24) is 0 Å². The van der Waals surface area contributed by atoms with Crippen molar-refractivity contribution in [2.75, 3.05) is 0 Å². The van der Waals surface area contributed by atoms with Crippen molar-refractivity contribution < 1.29 is 41.4 Å². The zero-order valence-electron chi connectivity index (χ0n) is 15.4. The Balaban J connectivity index is 2.68. The molecular weight excluding hydrogens is 402 g/mol. The first kappa shape index (κ1) is 22.6. The number of carbonyl (C=O) groups is 1. The maximum atomic E-state index is 13.1. The highest BCUT2D eigenvalue weighted by Crippen LogP contribution is 2.40. The quantitative estimate of drug-likeness (QED) is 0.558. The van der Waals surface area contributed by atoms with E-state index in [9.17, 15) is 41.4 Å². The van der Waals surface area contributed by atoms with Gasteiger partial charge in [0.1, 0.15) is 5.75 Å². The van der Waals surface area contributed by atoms with Gasteiger partial charge < -0.3 is 10.2 Å². The van der Waals surface area contributed by atoms with Crippen molar-refractivity contribution in [2.24, 2.45) is 5.92 Å². The van der Waals surface area contributed by atoms with Gasteiger partial charge in [0.2, 0.25) is 0 Å². The largest absolute Gasteiger partial charge is 0.508 e. The van der Waals surface area contributed by atoms with Crippen molar-refractivity contribution in [1.29, 1.82) is 0 Å². The van der Waals surface area contributed by atoms with Crippen LogP contribution in [0.3, 0.4) is 0 Å². The topological polar surface area (TPSA) is 57.5 Å².